The molecule has 0 atom stereocenters. The van der Waals surface area contributed by atoms with Gasteiger partial charge in [0.15, 0.2) is 5.82 Å². The molecule has 2 rings (SSSR count). The molecule has 6 heteroatoms. The van der Waals surface area contributed by atoms with Crippen LogP contribution in [0, 0.1) is 0 Å². The van der Waals surface area contributed by atoms with Gasteiger partial charge >= 0.3 is 0 Å². The first-order valence-electron chi connectivity index (χ1n) is 6.01. The Bertz CT molecular complexity index is 531. The van der Waals surface area contributed by atoms with Gasteiger partial charge in [0, 0.05) is 18.3 Å². The molecule has 2 heterocycles. The van der Waals surface area contributed by atoms with Crippen molar-refractivity contribution in [2.24, 2.45) is 5.84 Å². The van der Waals surface area contributed by atoms with E-state index in [2.05, 4.69) is 41.1 Å². The number of aryl methyl sites for hydroxylation is 1. The number of nitrogen functional groups attached to an aromatic ring is 1. The third kappa shape index (κ3) is 2.33. The fourth-order valence-electron chi connectivity index (χ4n) is 1.71. The lowest BCUT2D eigenvalue weighted by Gasteiger charge is -2.10. The van der Waals surface area contributed by atoms with E-state index in [1.54, 1.807) is 12.5 Å². The Kier molecular flexibility index (Phi) is 3.57. The van der Waals surface area contributed by atoms with Crippen molar-refractivity contribution in [2.45, 2.75) is 33.2 Å². The molecule has 0 bridgehead atoms. The Labute approximate surface area is 106 Å². The fraction of sp³-hybridized carbons (Fsp3) is 0.417. The summed E-state index contributed by atoms with van der Waals surface area (Å²) in [5, 5.41) is 0. The minimum Gasteiger partial charge on any atom is -0.328 e. The lowest BCUT2D eigenvalue weighted by atomic mass is 10.1. The van der Waals surface area contributed by atoms with Crippen LogP contribution in [0.1, 0.15) is 32.4 Å². The maximum absolute atomic E-state index is 5.45. The third-order valence-electron chi connectivity index (χ3n) is 2.77. The predicted octanol–water partition coefficient (Wildman–Crippen LogP) is 1.77. The number of anilines is 1. The first-order valence-corrected chi connectivity index (χ1v) is 6.01. The van der Waals surface area contributed by atoms with Crippen LogP contribution in [0.2, 0.25) is 0 Å². The number of hydrogen-bond donors (Lipinski definition) is 2. The molecule has 0 aromatic carbocycles. The largest absolute Gasteiger partial charge is 0.328 e. The number of rotatable bonds is 4. The van der Waals surface area contributed by atoms with Gasteiger partial charge < -0.3 is 9.99 Å². The van der Waals surface area contributed by atoms with Gasteiger partial charge in [-0.3, -0.25) is 0 Å². The summed E-state index contributed by atoms with van der Waals surface area (Å²) < 4.78 is 2.00. The van der Waals surface area contributed by atoms with E-state index in [1.165, 1.54) is 0 Å². The summed E-state index contributed by atoms with van der Waals surface area (Å²) in [6.45, 7) is 7.06. The summed E-state index contributed by atoms with van der Waals surface area (Å²) in [5.74, 6) is 7.03. The molecule has 96 valence electrons. The summed E-state index contributed by atoms with van der Waals surface area (Å²) in [5.41, 5.74) is 4.44. The molecule has 2 aromatic rings. The molecule has 0 fully saturated rings. The lowest BCUT2D eigenvalue weighted by Crippen LogP contribution is -2.11. The van der Waals surface area contributed by atoms with Crippen molar-refractivity contribution in [1.29, 1.82) is 0 Å². The molecule has 0 amide bonds. The first-order chi connectivity index (χ1) is 8.65. The van der Waals surface area contributed by atoms with Crippen LogP contribution in [0.15, 0.2) is 18.6 Å². The molecule has 6 nitrogen and oxygen atoms in total. The van der Waals surface area contributed by atoms with Gasteiger partial charge in [-0.2, -0.15) is 0 Å². The van der Waals surface area contributed by atoms with Crippen molar-refractivity contribution >= 4 is 5.82 Å². The molecular weight excluding hydrogens is 228 g/mol. The van der Waals surface area contributed by atoms with Gasteiger partial charge in [-0.1, -0.05) is 13.8 Å². The summed E-state index contributed by atoms with van der Waals surface area (Å²) in [7, 11) is 0. The Balaban J connectivity index is 2.53. The molecule has 18 heavy (non-hydrogen) atoms. The topological polar surface area (TPSA) is 81.7 Å². The molecule has 0 saturated carbocycles. The number of nitrogens with two attached hydrogens (primary N) is 1. The summed E-state index contributed by atoms with van der Waals surface area (Å²) >= 11 is 0. The normalized spacial score (nSPS) is 10.9. The van der Waals surface area contributed by atoms with Crippen LogP contribution in [0.3, 0.4) is 0 Å². The van der Waals surface area contributed by atoms with Crippen molar-refractivity contribution in [3.63, 3.8) is 0 Å². The van der Waals surface area contributed by atoms with E-state index >= 15 is 0 Å². The van der Waals surface area contributed by atoms with Crippen LogP contribution >= 0.6 is 0 Å². The van der Waals surface area contributed by atoms with E-state index in [0.717, 1.165) is 17.9 Å². The zero-order chi connectivity index (χ0) is 13.1. The minimum atomic E-state index is 0.317. The number of nitrogens with zero attached hydrogens (tertiary/aromatic N) is 4. The average molecular weight is 246 g/mol. The van der Waals surface area contributed by atoms with Crippen molar-refractivity contribution < 1.29 is 0 Å². The van der Waals surface area contributed by atoms with Gasteiger partial charge in [0.1, 0.15) is 11.5 Å². The van der Waals surface area contributed by atoms with Gasteiger partial charge in [0.05, 0.1) is 12.5 Å². The standard InChI is InChI=1S/C12H18N6/c1-4-18-7-14-6-10(18)12-15-9(8(2)3)5-11(16-12)17-13/h5-8H,4,13H2,1-3H3,(H,15,16,17). The molecular formula is C12H18N6. The molecule has 2 aromatic heterocycles. The van der Waals surface area contributed by atoms with E-state index in [4.69, 9.17) is 5.84 Å². The third-order valence-corrected chi connectivity index (χ3v) is 2.77. The molecule has 0 radical (unpaired) electrons. The maximum Gasteiger partial charge on any atom is 0.180 e. The second-order valence-electron chi connectivity index (χ2n) is 4.37. The second-order valence-corrected chi connectivity index (χ2v) is 4.37. The van der Waals surface area contributed by atoms with Crippen LogP contribution < -0.4 is 11.3 Å². The Morgan fingerprint density at radius 3 is 2.78 bits per heavy atom. The number of nitrogens with one attached hydrogen (secondary N) is 1. The van der Waals surface area contributed by atoms with Gasteiger partial charge in [0.25, 0.3) is 0 Å². The van der Waals surface area contributed by atoms with E-state index in [1.807, 2.05) is 10.6 Å². The quantitative estimate of drug-likeness (QED) is 0.634. The average Bonchev–Trinajstić information content (AvgIpc) is 2.86. The molecule has 0 saturated heterocycles. The van der Waals surface area contributed by atoms with Gasteiger partial charge in [-0.25, -0.2) is 20.8 Å². The van der Waals surface area contributed by atoms with Crippen molar-refractivity contribution in [3.05, 3.63) is 24.3 Å². The van der Waals surface area contributed by atoms with E-state index < -0.39 is 0 Å². The summed E-state index contributed by atoms with van der Waals surface area (Å²) in [6, 6.07) is 1.86. The SMILES string of the molecule is CCn1cncc1-c1nc(NN)cc(C(C)C)n1. The maximum atomic E-state index is 5.45. The highest BCUT2D eigenvalue weighted by atomic mass is 15.3. The summed E-state index contributed by atoms with van der Waals surface area (Å²) in [6.07, 6.45) is 3.54. The number of hydrazine groups is 1. The van der Waals surface area contributed by atoms with Crippen LogP contribution in [-0.4, -0.2) is 19.5 Å². The number of hydrogen-bond acceptors (Lipinski definition) is 5. The smallest absolute Gasteiger partial charge is 0.180 e. The Morgan fingerprint density at radius 2 is 2.17 bits per heavy atom. The lowest BCUT2D eigenvalue weighted by molar-refractivity contribution is 0.758. The summed E-state index contributed by atoms with van der Waals surface area (Å²) in [4.78, 5) is 13.1. The molecule has 0 aliphatic carbocycles. The van der Waals surface area contributed by atoms with Crippen molar-refractivity contribution in [1.82, 2.24) is 19.5 Å². The molecule has 0 unspecified atom stereocenters. The van der Waals surface area contributed by atoms with Crippen LogP contribution in [-0.2, 0) is 6.54 Å². The monoisotopic (exact) mass is 246 g/mol. The fourth-order valence-corrected chi connectivity index (χ4v) is 1.71. The molecule has 3 N–H and O–H groups in total. The molecule has 0 aliphatic rings. The van der Waals surface area contributed by atoms with E-state index in [-0.39, 0.29) is 0 Å². The van der Waals surface area contributed by atoms with Gasteiger partial charge in [-0.05, 0) is 12.8 Å². The predicted molar refractivity (Wildman–Crippen MR) is 70.8 cm³/mol. The van der Waals surface area contributed by atoms with E-state index in [9.17, 15) is 0 Å². The van der Waals surface area contributed by atoms with E-state index in [0.29, 0.717) is 17.6 Å². The Hall–Kier alpha value is -1.95. The first kappa shape index (κ1) is 12.5. The zero-order valence-electron chi connectivity index (χ0n) is 10.9. The minimum absolute atomic E-state index is 0.317. The number of aromatic nitrogens is 4. The molecule has 0 spiro atoms. The van der Waals surface area contributed by atoms with Crippen molar-refractivity contribution in [2.75, 3.05) is 5.43 Å². The highest BCUT2D eigenvalue weighted by Gasteiger charge is 2.12. The van der Waals surface area contributed by atoms with Crippen molar-refractivity contribution in [3.8, 4) is 11.5 Å². The highest BCUT2D eigenvalue weighted by Crippen LogP contribution is 2.21. The molecule has 0 aliphatic heterocycles. The second kappa shape index (κ2) is 5.14. The van der Waals surface area contributed by atoms with Gasteiger partial charge in [-0.15, -0.1) is 0 Å². The van der Waals surface area contributed by atoms with Crippen LogP contribution in [0.25, 0.3) is 11.5 Å². The highest BCUT2D eigenvalue weighted by molar-refractivity contribution is 5.53. The Morgan fingerprint density at radius 1 is 1.39 bits per heavy atom. The zero-order valence-corrected chi connectivity index (χ0v) is 10.9. The van der Waals surface area contributed by atoms with Gasteiger partial charge in [0.2, 0.25) is 0 Å². The van der Waals surface area contributed by atoms with Crippen LogP contribution in [0.5, 0.6) is 0 Å². The number of imidazole rings is 1. The van der Waals surface area contributed by atoms with Crippen LogP contribution in [0.4, 0.5) is 5.82 Å².